The number of nitrogens with zero attached hydrogens (tertiary/aromatic N) is 1. The molecule has 0 spiro atoms. The summed E-state index contributed by atoms with van der Waals surface area (Å²) in [7, 11) is 3.17. The van der Waals surface area contributed by atoms with E-state index in [0.717, 1.165) is 0 Å². The molecule has 0 bridgehead atoms. The maximum atomic E-state index is 10.6. The van der Waals surface area contributed by atoms with Crippen LogP contribution in [0.3, 0.4) is 0 Å². The second-order valence-electron chi connectivity index (χ2n) is 1.96. The Morgan fingerprint density at radius 2 is 2.20 bits per heavy atom. The Labute approximate surface area is 59.8 Å². The van der Waals surface area contributed by atoms with E-state index in [4.69, 9.17) is 0 Å². The molecule has 0 saturated heterocycles. The zero-order valence-electron chi connectivity index (χ0n) is 6.16. The molecule has 4 nitrogen and oxygen atoms in total. The normalized spacial score (nSPS) is 8.60. The zero-order chi connectivity index (χ0) is 7.98. The van der Waals surface area contributed by atoms with Crippen molar-refractivity contribution < 1.29 is 14.3 Å². The summed E-state index contributed by atoms with van der Waals surface area (Å²) in [6.07, 6.45) is 0.560. The smallest absolute Gasteiger partial charge is 0.409 e. The Bertz CT molecular complexity index is 122. The molecule has 0 aromatic rings. The van der Waals surface area contributed by atoms with Crippen LogP contribution in [0, 0.1) is 0 Å². The van der Waals surface area contributed by atoms with Crippen LogP contribution in [0.25, 0.3) is 0 Å². The van der Waals surface area contributed by atoms with Crippen molar-refractivity contribution in [2.24, 2.45) is 0 Å². The van der Waals surface area contributed by atoms with E-state index in [1.54, 1.807) is 14.1 Å². The highest BCUT2D eigenvalue weighted by atomic mass is 16.6. The fourth-order valence-corrected chi connectivity index (χ4v) is 0.323. The monoisotopic (exact) mass is 145 g/mol. The molecule has 0 rings (SSSR count). The maximum Gasteiger partial charge on any atom is 0.409 e. The fraction of sp³-hybridized carbons (Fsp3) is 0.667. The van der Waals surface area contributed by atoms with Gasteiger partial charge in [-0.15, -0.1) is 0 Å². The minimum Gasteiger partial charge on any atom is -0.449 e. The maximum absolute atomic E-state index is 10.6. The molecule has 1 amide bonds. The lowest BCUT2D eigenvalue weighted by Crippen LogP contribution is -2.23. The number of hydrogen-bond acceptors (Lipinski definition) is 3. The summed E-state index contributed by atoms with van der Waals surface area (Å²) in [5.41, 5.74) is 0. The highest BCUT2D eigenvalue weighted by molar-refractivity contribution is 5.66. The first-order valence-electron chi connectivity index (χ1n) is 2.96. The molecule has 0 aromatic heterocycles. The van der Waals surface area contributed by atoms with Crippen molar-refractivity contribution in [1.82, 2.24) is 4.90 Å². The van der Waals surface area contributed by atoms with Crippen LogP contribution < -0.4 is 0 Å². The second kappa shape index (κ2) is 4.78. The Morgan fingerprint density at radius 3 is 2.60 bits per heavy atom. The Kier molecular flexibility index (Phi) is 4.28. The first-order valence-corrected chi connectivity index (χ1v) is 2.96. The third kappa shape index (κ3) is 3.88. The van der Waals surface area contributed by atoms with Gasteiger partial charge in [-0.3, -0.25) is 0 Å². The number of aldehydes is 1. The quantitative estimate of drug-likeness (QED) is 0.423. The predicted octanol–water partition coefficient (Wildman–Crippen LogP) is 0.274. The molecule has 0 heterocycles. The largest absolute Gasteiger partial charge is 0.449 e. The van der Waals surface area contributed by atoms with E-state index in [9.17, 15) is 9.59 Å². The van der Waals surface area contributed by atoms with Gasteiger partial charge in [0.05, 0.1) is 6.61 Å². The van der Waals surface area contributed by atoms with Crippen molar-refractivity contribution in [3.05, 3.63) is 0 Å². The summed E-state index contributed by atoms with van der Waals surface area (Å²) in [6.45, 7) is 0.167. The topological polar surface area (TPSA) is 46.6 Å². The summed E-state index contributed by atoms with van der Waals surface area (Å²) < 4.78 is 4.60. The van der Waals surface area contributed by atoms with Crippen molar-refractivity contribution in [3.8, 4) is 0 Å². The summed E-state index contributed by atoms with van der Waals surface area (Å²) in [4.78, 5) is 21.7. The summed E-state index contributed by atoms with van der Waals surface area (Å²) in [6, 6.07) is 0. The summed E-state index contributed by atoms with van der Waals surface area (Å²) in [5, 5.41) is 0. The molecule has 10 heavy (non-hydrogen) atoms. The SMILES string of the molecule is CN(C)C(=O)OCCC=O. The van der Waals surface area contributed by atoms with Gasteiger partial charge >= 0.3 is 6.09 Å². The molecule has 0 atom stereocenters. The van der Waals surface area contributed by atoms with Gasteiger partial charge in [0.2, 0.25) is 0 Å². The average molecular weight is 145 g/mol. The minimum atomic E-state index is -0.415. The third-order valence-corrected chi connectivity index (χ3v) is 0.826. The van der Waals surface area contributed by atoms with Crippen LogP contribution in [0.15, 0.2) is 0 Å². The van der Waals surface area contributed by atoms with E-state index in [1.807, 2.05) is 0 Å². The van der Waals surface area contributed by atoms with Gasteiger partial charge in [0.15, 0.2) is 0 Å². The molecule has 0 fully saturated rings. The molecule has 4 heteroatoms. The van der Waals surface area contributed by atoms with Gasteiger partial charge in [-0.2, -0.15) is 0 Å². The summed E-state index contributed by atoms with van der Waals surface area (Å²) in [5.74, 6) is 0. The molecule has 0 aliphatic heterocycles. The second-order valence-corrected chi connectivity index (χ2v) is 1.96. The number of amides is 1. The zero-order valence-corrected chi connectivity index (χ0v) is 6.16. The minimum absolute atomic E-state index is 0.167. The van der Waals surface area contributed by atoms with E-state index in [-0.39, 0.29) is 13.0 Å². The number of carbonyl (C=O) groups is 2. The van der Waals surface area contributed by atoms with Gasteiger partial charge < -0.3 is 14.4 Å². The van der Waals surface area contributed by atoms with Gasteiger partial charge in [-0.05, 0) is 0 Å². The number of rotatable bonds is 3. The predicted molar refractivity (Wildman–Crippen MR) is 35.7 cm³/mol. The lowest BCUT2D eigenvalue weighted by atomic mass is 10.5. The van der Waals surface area contributed by atoms with Gasteiger partial charge in [0, 0.05) is 20.5 Å². The van der Waals surface area contributed by atoms with Crippen molar-refractivity contribution in [2.45, 2.75) is 6.42 Å². The van der Waals surface area contributed by atoms with Gasteiger partial charge in [0.1, 0.15) is 6.29 Å². The first-order chi connectivity index (χ1) is 4.68. The van der Waals surface area contributed by atoms with E-state index in [2.05, 4.69) is 4.74 Å². The van der Waals surface area contributed by atoms with E-state index < -0.39 is 6.09 Å². The molecule has 0 N–H and O–H groups in total. The van der Waals surface area contributed by atoms with Crippen LogP contribution in [-0.2, 0) is 9.53 Å². The Balaban J connectivity index is 3.30. The third-order valence-electron chi connectivity index (χ3n) is 0.826. The van der Waals surface area contributed by atoms with E-state index >= 15 is 0 Å². The van der Waals surface area contributed by atoms with Gasteiger partial charge in [-0.1, -0.05) is 0 Å². The molecular weight excluding hydrogens is 134 g/mol. The number of carbonyl (C=O) groups excluding carboxylic acids is 2. The van der Waals surface area contributed by atoms with Crippen LogP contribution in [0.1, 0.15) is 6.42 Å². The van der Waals surface area contributed by atoms with Gasteiger partial charge in [-0.25, -0.2) is 4.79 Å². The molecule has 0 unspecified atom stereocenters. The van der Waals surface area contributed by atoms with Gasteiger partial charge in [0.25, 0.3) is 0 Å². The highest BCUT2D eigenvalue weighted by Gasteiger charge is 2.01. The van der Waals surface area contributed by atoms with Crippen molar-refractivity contribution in [3.63, 3.8) is 0 Å². The number of hydrogen-bond donors (Lipinski definition) is 0. The molecule has 0 saturated carbocycles. The van der Waals surface area contributed by atoms with Crippen LogP contribution in [-0.4, -0.2) is 38.0 Å². The molecular formula is C6H11NO3. The van der Waals surface area contributed by atoms with E-state index in [1.165, 1.54) is 4.90 Å². The van der Waals surface area contributed by atoms with Crippen molar-refractivity contribution in [2.75, 3.05) is 20.7 Å². The lowest BCUT2D eigenvalue weighted by Gasteiger charge is -2.08. The van der Waals surface area contributed by atoms with Crippen LogP contribution in [0.2, 0.25) is 0 Å². The molecule has 0 aliphatic rings. The standard InChI is InChI=1S/C6H11NO3/c1-7(2)6(9)10-5-3-4-8/h4H,3,5H2,1-2H3. The highest BCUT2D eigenvalue weighted by Crippen LogP contribution is 1.85. The summed E-state index contributed by atoms with van der Waals surface area (Å²) >= 11 is 0. The molecule has 0 radical (unpaired) electrons. The lowest BCUT2D eigenvalue weighted by molar-refractivity contribution is -0.108. The average Bonchev–Trinajstić information content (AvgIpc) is 1.88. The Morgan fingerprint density at radius 1 is 1.60 bits per heavy atom. The molecule has 0 aromatic carbocycles. The van der Waals surface area contributed by atoms with Crippen molar-refractivity contribution >= 4 is 12.4 Å². The van der Waals surface area contributed by atoms with Crippen LogP contribution in [0.4, 0.5) is 4.79 Å². The number of ether oxygens (including phenoxy) is 1. The van der Waals surface area contributed by atoms with Crippen LogP contribution >= 0.6 is 0 Å². The first kappa shape index (κ1) is 8.94. The Hall–Kier alpha value is -1.06. The van der Waals surface area contributed by atoms with Crippen molar-refractivity contribution in [1.29, 1.82) is 0 Å². The van der Waals surface area contributed by atoms with Crippen LogP contribution in [0.5, 0.6) is 0 Å². The molecule has 0 aliphatic carbocycles. The fourth-order valence-electron chi connectivity index (χ4n) is 0.323. The van der Waals surface area contributed by atoms with E-state index in [0.29, 0.717) is 6.29 Å². The molecule has 58 valence electrons.